The Balaban J connectivity index is 2.18. The lowest BCUT2D eigenvalue weighted by Gasteiger charge is -2.06. The molecule has 1 aromatic heterocycles. The maximum absolute atomic E-state index is 4.23. The van der Waals surface area contributed by atoms with Gasteiger partial charge in [-0.05, 0) is 42.8 Å². The van der Waals surface area contributed by atoms with Gasteiger partial charge in [0, 0.05) is 11.1 Å². The molecule has 1 heterocycles. The number of nitrogens with zero attached hydrogens (tertiary/aromatic N) is 1. The smallest absolute Gasteiger partial charge is 0.0441 e. The van der Waals surface area contributed by atoms with Crippen molar-refractivity contribution in [2.24, 2.45) is 0 Å². The minimum absolute atomic E-state index is 1.27. The van der Waals surface area contributed by atoms with Gasteiger partial charge in [-0.1, -0.05) is 12.8 Å². The third-order valence-electron chi connectivity index (χ3n) is 2.33. The van der Waals surface area contributed by atoms with Crippen LogP contribution in [0.4, 0.5) is 0 Å². The van der Waals surface area contributed by atoms with Crippen molar-refractivity contribution in [2.75, 3.05) is 0 Å². The van der Waals surface area contributed by atoms with Crippen LogP contribution >= 0.6 is 11.5 Å². The average Bonchev–Trinajstić information content (AvgIpc) is 2.35. The molecule has 0 radical (unpaired) electrons. The highest BCUT2D eigenvalue weighted by atomic mass is 32.1. The first-order chi connectivity index (χ1) is 5.47. The molecule has 0 bridgehead atoms. The van der Waals surface area contributed by atoms with Crippen LogP contribution in [0.5, 0.6) is 0 Å². The highest BCUT2D eigenvalue weighted by Crippen LogP contribution is 2.22. The summed E-state index contributed by atoms with van der Waals surface area (Å²) < 4.78 is 4.23. The van der Waals surface area contributed by atoms with Crippen LogP contribution in [0.15, 0.2) is 6.20 Å². The molecular formula is C9H13NS. The topological polar surface area (TPSA) is 12.9 Å². The van der Waals surface area contributed by atoms with Crippen LogP contribution in [-0.4, -0.2) is 4.37 Å². The standard InChI is InChI=1S/C9H13NS/c1-2-4-6-9-8(5-3-1)7-10-11-9/h7H,1-6H2. The fourth-order valence-corrected chi connectivity index (χ4v) is 2.46. The van der Waals surface area contributed by atoms with Crippen molar-refractivity contribution in [1.29, 1.82) is 0 Å². The van der Waals surface area contributed by atoms with Crippen molar-refractivity contribution in [3.63, 3.8) is 0 Å². The second-order valence-electron chi connectivity index (χ2n) is 3.19. The number of aryl methyl sites for hydroxylation is 2. The Labute approximate surface area is 71.6 Å². The number of hydrogen-bond acceptors (Lipinski definition) is 2. The Bertz CT molecular complexity index is 207. The second kappa shape index (κ2) is 3.35. The van der Waals surface area contributed by atoms with Crippen LogP contribution in [0.2, 0.25) is 0 Å². The molecule has 0 N–H and O–H groups in total. The number of fused-ring (bicyclic) bond motifs is 1. The van der Waals surface area contributed by atoms with Gasteiger partial charge in [0.1, 0.15) is 0 Å². The number of aromatic nitrogens is 1. The molecule has 2 rings (SSSR count). The van der Waals surface area contributed by atoms with Gasteiger partial charge in [0.15, 0.2) is 0 Å². The van der Waals surface area contributed by atoms with Gasteiger partial charge in [0.05, 0.1) is 0 Å². The van der Waals surface area contributed by atoms with E-state index in [1.807, 2.05) is 0 Å². The zero-order valence-electron chi connectivity index (χ0n) is 6.68. The molecule has 1 aromatic rings. The van der Waals surface area contributed by atoms with Gasteiger partial charge in [-0.3, -0.25) is 0 Å². The lowest BCUT2D eigenvalue weighted by Crippen LogP contribution is -1.94. The monoisotopic (exact) mass is 167 g/mol. The molecule has 11 heavy (non-hydrogen) atoms. The predicted octanol–water partition coefficient (Wildman–Crippen LogP) is 2.80. The highest BCUT2D eigenvalue weighted by molar-refractivity contribution is 7.05. The van der Waals surface area contributed by atoms with E-state index in [2.05, 4.69) is 10.6 Å². The van der Waals surface area contributed by atoms with Gasteiger partial charge in [-0.15, -0.1) is 0 Å². The van der Waals surface area contributed by atoms with Crippen LogP contribution in [-0.2, 0) is 12.8 Å². The molecule has 2 heteroatoms. The normalized spacial score (nSPS) is 18.5. The van der Waals surface area contributed by atoms with E-state index < -0.39 is 0 Å². The summed E-state index contributed by atoms with van der Waals surface area (Å²) in [5.74, 6) is 0. The molecule has 0 aromatic carbocycles. The molecule has 1 nitrogen and oxygen atoms in total. The van der Waals surface area contributed by atoms with Crippen LogP contribution in [0.1, 0.15) is 36.1 Å². The van der Waals surface area contributed by atoms with Gasteiger partial charge < -0.3 is 0 Å². The molecular weight excluding hydrogens is 154 g/mol. The summed E-state index contributed by atoms with van der Waals surface area (Å²) in [5, 5.41) is 0. The average molecular weight is 167 g/mol. The molecule has 0 fully saturated rings. The molecule has 60 valence electrons. The largest absolute Gasteiger partial charge is 0.201 e. The Kier molecular flexibility index (Phi) is 2.22. The van der Waals surface area contributed by atoms with E-state index in [-0.39, 0.29) is 0 Å². The first-order valence-corrected chi connectivity index (χ1v) is 5.16. The van der Waals surface area contributed by atoms with Crippen LogP contribution in [0.3, 0.4) is 0 Å². The van der Waals surface area contributed by atoms with Crippen molar-refractivity contribution in [3.05, 3.63) is 16.6 Å². The fourth-order valence-electron chi connectivity index (χ4n) is 1.65. The zero-order valence-corrected chi connectivity index (χ0v) is 7.49. The van der Waals surface area contributed by atoms with E-state index in [0.29, 0.717) is 0 Å². The Morgan fingerprint density at radius 2 is 1.91 bits per heavy atom. The summed E-state index contributed by atoms with van der Waals surface area (Å²) >= 11 is 1.70. The lowest BCUT2D eigenvalue weighted by molar-refractivity contribution is 0.622. The third kappa shape index (κ3) is 1.62. The fraction of sp³-hybridized carbons (Fsp3) is 0.667. The quantitative estimate of drug-likeness (QED) is 0.579. The van der Waals surface area contributed by atoms with Crippen molar-refractivity contribution >= 4 is 11.5 Å². The van der Waals surface area contributed by atoms with E-state index in [1.54, 1.807) is 16.4 Å². The van der Waals surface area contributed by atoms with Gasteiger partial charge in [-0.25, -0.2) is 4.37 Å². The van der Waals surface area contributed by atoms with Gasteiger partial charge in [0.25, 0.3) is 0 Å². The van der Waals surface area contributed by atoms with E-state index in [9.17, 15) is 0 Å². The Morgan fingerprint density at radius 1 is 1.09 bits per heavy atom. The van der Waals surface area contributed by atoms with E-state index >= 15 is 0 Å². The molecule has 0 saturated heterocycles. The van der Waals surface area contributed by atoms with E-state index in [1.165, 1.54) is 44.1 Å². The third-order valence-corrected chi connectivity index (χ3v) is 3.23. The van der Waals surface area contributed by atoms with Crippen LogP contribution < -0.4 is 0 Å². The van der Waals surface area contributed by atoms with Crippen LogP contribution in [0, 0.1) is 0 Å². The van der Waals surface area contributed by atoms with E-state index in [0.717, 1.165) is 0 Å². The second-order valence-corrected chi connectivity index (χ2v) is 4.07. The molecule has 0 unspecified atom stereocenters. The van der Waals surface area contributed by atoms with Crippen molar-refractivity contribution in [3.8, 4) is 0 Å². The van der Waals surface area contributed by atoms with Crippen molar-refractivity contribution < 1.29 is 0 Å². The molecule has 1 aliphatic rings. The SMILES string of the molecule is c1nsc2c1CCCCCC2. The van der Waals surface area contributed by atoms with Crippen molar-refractivity contribution in [1.82, 2.24) is 4.37 Å². The van der Waals surface area contributed by atoms with Gasteiger partial charge in [0.2, 0.25) is 0 Å². The number of hydrogen-bond donors (Lipinski definition) is 0. The molecule has 0 spiro atoms. The minimum atomic E-state index is 1.27. The van der Waals surface area contributed by atoms with Crippen molar-refractivity contribution in [2.45, 2.75) is 38.5 Å². The molecule has 0 atom stereocenters. The Hall–Kier alpha value is -0.370. The summed E-state index contributed by atoms with van der Waals surface area (Å²) in [4.78, 5) is 1.55. The highest BCUT2D eigenvalue weighted by Gasteiger charge is 2.07. The first kappa shape index (κ1) is 7.29. The van der Waals surface area contributed by atoms with Gasteiger partial charge >= 0.3 is 0 Å². The lowest BCUT2D eigenvalue weighted by atomic mass is 10.0. The zero-order chi connectivity index (χ0) is 7.52. The van der Waals surface area contributed by atoms with E-state index in [4.69, 9.17) is 0 Å². The molecule has 0 saturated carbocycles. The molecule has 1 aliphatic carbocycles. The minimum Gasteiger partial charge on any atom is -0.201 e. The predicted molar refractivity (Wildman–Crippen MR) is 48.0 cm³/mol. The number of rotatable bonds is 0. The molecule has 0 amide bonds. The van der Waals surface area contributed by atoms with Crippen LogP contribution in [0.25, 0.3) is 0 Å². The maximum atomic E-state index is 4.23. The maximum Gasteiger partial charge on any atom is 0.0441 e. The summed E-state index contributed by atoms with van der Waals surface area (Å²) in [6.45, 7) is 0. The Morgan fingerprint density at radius 3 is 2.82 bits per heavy atom. The summed E-state index contributed by atoms with van der Waals surface area (Å²) in [6, 6.07) is 0. The van der Waals surface area contributed by atoms with Gasteiger partial charge in [-0.2, -0.15) is 0 Å². The summed E-state index contributed by atoms with van der Waals surface area (Å²) in [7, 11) is 0. The first-order valence-electron chi connectivity index (χ1n) is 4.39. The summed E-state index contributed by atoms with van der Waals surface area (Å²) in [6.07, 6.45) is 10.2. The summed E-state index contributed by atoms with van der Waals surface area (Å²) in [5.41, 5.74) is 1.52. The molecule has 0 aliphatic heterocycles.